The molecule has 0 radical (unpaired) electrons. The Balaban J connectivity index is 1.61. The van der Waals surface area contributed by atoms with Gasteiger partial charge in [-0.15, -0.1) is 0 Å². The van der Waals surface area contributed by atoms with Gasteiger partial charge in [-0.25, -0.2) is 8.42 Å². The number of hydrogen-bond acceptors (Lipinski definition) is 3. The molecule has 3 aromatic rings. The van der Waals surface area contributed by atoms with Gasteiger partial charge in [0.2, 0.25) is 5.91 Å². The molecule has 0 saturated carbocycles. The number of aryl methyl sites for hydroxylation is 2. The zero-order valence-corrected chi connectivity index (χ0v) is 18.3. The van der Waals surface area contributed by atoms with E-state index in [4.69, 9.17) is 11.6 Å². The lowest BCUT2D eigenvalue weighted by Crippen LogP contribution is -2.15. The standard InChI is InChI=1S/C23H23ClN2O3S/c1-16-6-8-18(9-7-16)10-15-23(27)25-19-11-13-20(14-12-19)30(28,29)26-22-5-3-4-21(24)17(22)2/h3-9,11-14,26H,10,15H2,1-2H3,(H,25,27). The molecule has 0 bridgehead atoms. The maximum Gasteiger partial charge on any atom is 0.261 e. The number of carbonyl (C=O) groups excluding carboxylic acids is 1. The number of hydrogen-bond donors (Lipinski definition) is 2. The Morgan fingerprint density at radius 1 is 0.933 bits per heavy atom. The quantitative estimate of drug-likeness (QED) is 0.519. The van der Waals surface area contributed by atoms with E-state index >= 15 is 0 Å². The summed E-state index contributed by atoms with van der Waals surface area (Å²) in [4.78, 5) is 12.3. The first-order valence-electron chi connectivity index (χ1n) is 9.48. The average molecular weight is 443 g/mol. The Labute approximate surface area is 182 Å². The van der Waals surface area contributed by atoms with E-state index in [1.54, 1.807) is 37.3 Å². The Kier molecular flexibility index (Phi) is 6.80. The number of halogens is 1. The molecule has 5 nitrogen and oxygen atoms in total. The van der Waals surface area contributed by atoms with Gasteiger partial charge in [-0.3, -0.25) is 9.52 Å². The number of nitrogens with one attached hydrogen (secondary N) is 2. The van der Waals surface area contributed by atoms with Crippen molar-refractivity contribution in [2.75, 3.05) is 10.0 Å². The van der Waals surface area contributed by atoms with E-state index in [9.17, 15) is 13.2 Å². The maximum absolute atomic E-state index is 12.6. The Hall–Kier alpha value is -2.83. The first-order valence-corrected chi connectivity index (χ1v) is 11.3. The van der Waals surface area contributed by atoms with Gasteiger partial charge in [0.05, 0.1) is 10.6 Å². The lowest BCUT2D eigenvalue weighted by Gasteiger charge is -2.12. The van der Waals surface area contributed by atoms with Crippen molar-refractivity contribution in [3.63, 3.8) is 0 Å². The van der Waals surface area contributed by atoms with Crippen molar-refractivity contribution in [2.24, 2.45) is 0 Å². The Morgan fingerprint density at radius 2 is 1.60 bits per heavy atom. The van der Waals surface area contributed by atoms with Gasteiger partial charge in [-0.2, -0.15) is 0 Å². The largest absolute Gasteiger partial charge is 0.326 e. The van der Waals surface area contributed by atoms with Crippen molar-refractivity contribution in [3.8, 4) is 0 Å². The van der Waals surface area contributed by atoms with E-state index in [2.05, 4.69) is 10.0 Å². The molecule has 1 amide bonds. The minimum absolute atomic E-state index is 0.0968. The third-order valence-electron chi connectivity index (χ3n) is 4.72. The highest BCUT2D eigenvalue weighted by molar-refractivity contribution is 7.92. The third kappa shape index (κ3) is 5.62. The molecule has 30 heavy (non-hydrogen) atoms. The number of amides is 1. The molecule has 0 atom stereocenters. The molecule has 0 aliphatic carbocycles. The van der Waals surface area contributed by atoms with E-state index in [0.717, 1.165) is 5.56 Å². The Bertz CT molecular complexity index is 1140. The summed E-state index contributed by atoms with van der Waals surface area (Å²) in [5.74, 6) is -0.126. The van der Waals surface area contributed by atoms with Crippen LogP contribution in [0.25, 0.3) is 0 Å². The average Bonchev–Trinajstić information content (AvgIpc) is 2.71. The number of rotatable bonds is 7. The number of sulfonamides is 1. The van der Waals surface area contributed by atoms with E-state index in [0.29, 0.717) is 34.8 Å². The molecule has 2 N–H and O–H groups in total. The lowest BCUT2D eigenvalue weighted by molar-refractivity contribution is -0.116. The highest BCUT2D eigenvalue weighted by Crippen LogP contribution is 2.26. The smallest absolute Gasteiger partial charge is 0.261 e. The number of benzene rings is 3. The van der Waals surface area contributed by atoms with E-state index in [1.165, 1.54) is 17.7 Å². The van der Waals surface area contributed by atoms with Crippen LogP contribution in [0.15, 0.2) is 71.6 Å². The van der Waals surface area contributed by atoms with Gasteiger partial charge in [0.1, 0.15) is 0 Å². The first-order chi connectivity index (χ1) is 14.2. The van der Waals surface area contributed by atoms with Gasteiger partial charge in [0.15, 0.2) is 0 Å². The summed E-state index contributed by atoms with van der Waals surface area (Å²) in [7, 11) is -3.77. The summed E-state index contributed by atoms with van der Waals surface area (Å²) in [6.07, 6.45) is 0.986. The molecule has 0 fully saturated rings. The van der Waals surface area contributed by atoms with Crippen LogP contribution in [0, 0.1) is 13.8 Å². The van der Waals surface area contributed by atoms with Crippen molar-refractivity contribution >= 4 is 38.9 Å². The monoisotopic (exact) mass is 442 g/mol. The summed E-state index contributed by atoms with van der Waals surface area (Å²) in [5, 5.41) is 3.28. The van der Waals surface area contributed by atoms with Crippen molar-refractivity contribution in [3.05, 3.63) is 88.4 Å². The zero-order chi connectivity index (χ0) is 21.7. The molecule has 3 aromatic carbocycles. The molecule has 0 heterocycles. The van der Waals surface area contributed by atoms with Crippen LogP contribution in [0.2, 0.25) is 5.02 Å². The van der Waals surface area contributed by atoms with Crippen LogP contribution in [0.1, 0.15) is 23.1 Å². The minimum Gasteiger partial charge on any atom is -0.326 e. The van der Waals surface area contributed by atoms with Crippen LogP contribution in [0.3, 0.4) is 0 Å². The van der Waals surface area contributed by atoms with Crippen LogP contribution in [-0.4, -0.2) is 14.3 Å². The molecule has 0 spiro atoms. The van der Waals surface area contributed by atoms with Gasteiger partial charge in [-0.05, 0) is 67.8 Å². The number of carbonyl (C=O) groups is 1. The van der Waals surface area contributed by atoms with E-state index in [-0.39, 0.29) is 10.8 Å². The Morgan fingerprint density at radius 3 is 2.27 bits per heavy atom. The van der Waals surface area contributed by atoms with Crippen molar-refractivity contribution in [2.45, 2.75) is 31.6 Å². The predicted octanol–water partition coefficient (Wildman–Crippen LogP) is 5.33. The molecule has 3 rings (SSSR count). The van der Waals surface area contributed by atoms with Crippen LogP contribution in [-0.2, 0) is 21.2 Å². The van der Waals surface area contributed by atoms with Gasteiger partial charge in [0, 0.05) is 17.1 Å². The fourth-order valence-corrected chi connectivity index (χ4v) is 4.17. The predicted molar refractivity (Wildman–Crippen MR) is 122 cm³/mol. The number of anilines is 2. The summed E-state index contributed by atoms with van der Waals surface area (Å²) < 4.78 is 27.8. The highest BCUT2D eigenvalue weighted by Gasteiger charge is 2.16. The van der Waals surface area contributed by atoms with Gasteiger partial charge >= 0.3 is 0 Å². The fraction of sp³-hybridized carbons (Fsp3) is 0.174. The fourth-order valence-electron chi connectivity index (χ4n) is 2.88. The summed E-state index contributed by atoms with van der Waals surface area (Å²) >= 11 is 6.05. The molecule has 156 valence electrons. The van der Waals surface area contributed by atoms with E-state index < -0.39 is 10.0 Å². The van der Waals surface area contributed by atoms with Crippen LogP contribution in [0.5, 0.6) is 0 Å². The third-order valence-corrected chi connectivity index (χ3v) is 6.51. The molecule has 0 aromatic heterocycles. The molecule has 0 unspecified atom stereocenters. The zero-order valence-electron chi connectivity index (χ0n) is 16.8. The normalized spacial score (nSPS) is 11.2. The van der Waals surface area contributed by atoms with Gasteiger partial charge in [0.25, 0.3) is 10.0 Å². The van der Waals surface area contributed by atoms with Crippen molar-refractivity contribution in [1.82, 2.24) is 0 Å². The van der Waals surface area contributed by atoms with Gasteiger partial charge < -0.3 is 5.32 Å². The molecular formula is C23H23ClN2O3S. The lowest BCUT2D eigenvalue weighted by atomic mass is 10.1. The minimum atomic E-state index is -3.77. The topological polar surface area (TPSA) is 75.3 Å². The van der Waals surface area contributed by atoms with Crippen LogP contribution in [0.4, 0.5) is 11.4 Å². The second kappa shape index (κ2) is 9.32. The van der Waals surface area contributed by atoms with E-state index in [1.807, 2.05) is 31.2 Å². The molecule has 7 heteroatoms. The maximum atomic E-state index is 12.6. The second-order valence-corrected chi connectivity index (χ2v) is 9.17. The van der Waals surface area contributed by atoms with Crippen molar-refractivity contribution in [1.29, 1.82) is 0 Å². The van der Waals surface area contributed by atoms with Crippen LogP contribution < -0.4 is 10.0 Å². The molecule has 0 saturated heterocycles. The summed E-state index contributed by atoms with van der Waals surface area (Å²) in [5.41, 5.74) is 3.90. The van der Waals surface area contributed by atoms with Crippen LogP contribution >= 0.6 is 11.6 Å². The second-order valence-electron chi connectivity index (χ2n) is 7.08. The van der Waals surface area contributed by atoms with Gasteiger partial charge in [-0.1, -0.05) is 47.5 Å². The molecule has 0 aliphatic heterocycles. The summed E-state index contributed by atoms with van der Waals surface area (Å²) in [6.45, 7) is 3.77. The molecular weight excluding hydrogens is 420 g/mol. The SMILES string of the molecule is Cc1ccc(CCC(=O)Nc2ccc(S(=O)(=O)Nc3cccc(Cl)c3C)cc2)cc1. The first kappa shape index (κ1) is 21.9. The highest BCUT2D eigenvalue weighted by atomic mass is 35.5. The van der Waals surface area contributed by atoms with Crippen molar-refractivity contribution < 1.29 is 13.2 Å². The molecule has 0 aliphatic rings. The summed E-state index contributed by atoms with van der Waals surface area (Å²) in [6, 6.07) is 19.2.